The second-order valence-corrected chi connectivity index (χ2v) is 8.09. The molecule has 9 heteroatoms. The van der Waals surface area contributed by atoms with Crippen LogP contribution in [0.1, 0.15) is 52.1 Å². The van der Waals surface area contributed by atoms with Gasteiger partial charge in [-0.05, 0) is 57.9 Å². The molecule has 0 saturated carbocycles. The van der Waals surface area contributed by atoms with Gasteiger partial charge >= 0.3 is 0 Å². The topological polar surface area (TPSA) is 103 Å². The van der Waals surface area contributed by atoms with E-state index in [1.54, 1.807) is 12.4 Å². The molecule has 0 aliphatic carbocycles. The third-order valence-electron chi connectivity index (χ3n) is 5.60. The number of aromatic nitrogens is 6. The molecular weight excluding hydrogens is 406 g/mol. The lowest BCUT2D eigenvalue weighted by Crippen LogP contribution is -2.31. The van der Waals surface area contributed by atoms with Crippen molar-refractivity contribution in [1.82, 2.24) is 35.0 Å². The van der Waals surface area contributed by atoms with Gasteiger partial charge in [0.05, 0.1) is 23.6 Å². The van der Waals surface area contributed by atoms with Crippen LogP contribution >= 0.6 is 0 Å². The van der Waals surface area contributed by atoms with Gasteiger partial charge in [-0.15, -0.1) is 0 Å². The predicted octanol–water partition coefficient (Wildman–Crippen LogP) is 3.61. The van der Waals surface area contributed by atoms with Crippen LogP contribution < -0.4 is 0 Å². The number of amides is 1. The summed E-state index contributed by atoms with van der Waals surface area (Å²) in [5, 5.41) is 12.6. The van der Waals surface area contributed by atoms with Gasteiger partial charge < -0.3 is 9.42 Å². The van der Waals surface area contributed by atoms with Gasteiger partial charge in [-0.2, -0.15) is 20.0 Å². The lowest BCUT2D eigenvalue weighted by Gasteiger charge is -2.23. The summed E-state index contributed by atoms with van der Waals surface area (Å²) >= 11 is 0. The van der Waals surface area contributed by atoms with Crippen LogP contribution in [0, 0.1) is 20.8 Å². The molecule has 32 heavy (non-hydrogen) atoms. The Balaban J connectivity index is 1.47. The first-order valence-corrected chi connectivity index (χ1v) is 10.6. The Bertz CT molecular complexity index is 1260. The van der Waals surface area contributed by atoms with Crippen LogP contribution in [0.2, 0.25) is 0 Å². The highest BCUT2D eigenvalue weighted by atomic mass is 16.5. The fraction of sp³-hybridized carbons (Fsp3) is 0.304. The van der Waals surface area contributed by atoms with Crippen molar-refractivity contribution in [3.05, 3.63) is 71.1 Å². The summed E-state index contributed by atoms with van der Waals surface area (Å²) < 4.78 is 5.62. The van der Waals surface area contributed by atoms with Crippen molar-refractivity contribution in [3.8, 4) is 17.1 Å². The molecular formula is C23H23N7O2. The van der Waals surface area contributed by atoms with Gasteiger partial charge in [0.25, 0.3) is 5.91 Å². The molecule has 0 N–H and O–H groups in total. The maximum Gasteiger partial charge on any atom is 0.256 e. The minimum absolute atomic E-state index is 0.0983. The quantitative estimate of drug-likeness (QED) is 0.488. The van der Waals surface area contributed by atoms with Crippen LogP contribution in [0.3, 0.4) is 0 Å². The minimum atomic E-state index is -0.272. The van der Waals surface area contributed by atoms with Crippen molar-refractivity contribution < 1.29 is 9.32 Å². The Kier molecular flexibility index (Phi) is 5.01. The molecule has 0 bridgehead atoms. The lowest BCUT2D eigenvalue weighted by atomic mass is 10.1. The highest BCUT2D eigenvalue weighted by molar-refractivity contribution is 5.98. The van der Waals surface area contributed by atoms with Gasteiger partial charge in [-0.3, -0.25) is 9.78 Å². The van der Waals surface area contributed by atoms with Crippen molar-refractivity contribution in [1.29, 1.82) is 0 Å². The number of benzene rings is 1. The molecule has 1 aliphatic rings. The third-order valence-corrected chi connectivity index (χ3v) is 5.60. The summed E-state index contributed by atoms with van der Waals surface area (Å²) in [5.41, 5.74) is 4.82. The van der Waals surface area contributed by atoms with E-state index in [0.717, 1.165) is 35.4 Å². The monoisotopic (exact) mass is 429 g/mol. The fourth-order valence-corrected chi connectivity index (χ4v) is 4.21. The molecule has 1 saturated heterocycles. The Morgan fingerprint density at radius 3 is 2.53 bits per heavy atom. The molecule has 1 unspecified atom stereocenters. The SMILES string of the molecule is Cc1ccc(-n2nccn2)c(C(=O)N2CCCC2c2nc(-c3cc(C)nc(C)c3)no2)c1. The van der Waals surface area contributed by atoms with Gasteiger partial charge in [0.15, 0.2) is 0 Å². The molecule has 3 aromatic heterocycles. The number of rotatable bonds is 4. The number of carbonyl (C=O) groups is 1. The Hall–Kier alpha value is -3.88. The molecule has 4 heterocycles. The number of aryl methyl sites for hydroxylation is 3. The standard InChI is InChI=1S/C23H23N7O2/c1-14-6-7-19(30-24-8-9-25-30)18(11-14)23(31)29-10-4-5-20(29)22-27-21(28-32-22)17-12-15(2)26-16(3)13-17/h6-9,11-13,20H,4-5,10H2,1-3H3. The molecule has 162 valence electrons. The van der Waals surface area contributed by atoms with Crippen molar-refractivity contribution in [2.75, 3.05) is 6.54 Å². The van der Waals surface area contributed by atoms with E-state index in [1.807, 2.05) is 56.0 Å². The number of nitrogens with zero attached hydrogens (tertiary/aromatic N) is 7. The largest absolute Gasteiger partial charge is 0.337 e. The lowest BCUT2D eigenvalue weighted by molar-refractivity contribution is 0.0709. The van der Waals surface area contributed by atoms with Gasteiger partial charge in [0, 0.05) is 23.5 Å². The van der Waals surface area contributed by atoms with Crippen LogP contribution in [-0.2, 0) is 0 Å². The van der Waals surface area contributed by atoms with Crippen molar-refractivity contribution in [3.63, 3.8) is 0 Å². The summed E-state index contributed by atoms with van der Waals surface area (Å²) in [7, 11) is 0. The Morgan fingerprint density at radius 2 is 1.78 bits per heavy atom. The maximum atomic E-state index is 13.6. The van der Waals surface area contributed by atoms with E-state index >= 15 is 0 Å². The fourth-order valence-electron chi connectivity index (χ4n) is 4.21. The van der Waals surface area contributed by atoms with Crippen LogP contribution in [0.4, 0.5) is 0 Å². The molecule has 1 aliphatic heterocycles. The van der Waals surface area contributed by atoms with E-state index in [4.69, 9.17) is 4.52 Å². The van der Waals surface area contributed by atoms with Crippen molar-refractivity contribution >= 4 is 5.91 Å². The van der Waals surface area contributed by atoms with Crippen LogP contribution in [0.25, 0.3) is 17.1 Å². The number of hydrogen-bond donors (Lipinski definition) is 0. The maximum absolute atomic E-state index is 13.6. The number of hydrogen-bond acceptors (Lipinski definition) is 7. The second kappa shape index (κ2) is 7.99. The molecule has 0 spiro atoms. The summed E-state index contributed by atoms with van der Waals surface area (Å²) in [4.78, 5) is 25.9. The smallest absolute Gasteiger partial charge is 0.256 e. The average molecular weight is 429 g/mol. The van der Waals surface area contributed by atoms with E-state index < -0.39 is 0 Å². The average Bonchev–Trinajstić information content (AvgIpc) is 3.53. The summed E-state index contributed by atoms with van der Waals surface area (Å²) in [6, 6.07) is 9.27. The Morgan fingerprint density at radius 1 is 1.03 bits per heavy atom. The molecule has 0 radical (unpaired) electrons. The van der Waals surface area contributed by atoms with Crippen LogP contribution in [0.15, 0.2) is 47.2 Å². The van der Waals surface area contributed by atoms with Gasteiger partial charge in [0.1, 0.15) is 6.04 Å². The minimum Gasteiger partial charge on any atom is -0.337 e. The van der Waals surface area contributed by atoms with E-state index in [1.165, 1.54) is 4.80 Å². The summed E-state index contributed by atoms with van der Waals surface area (Å²) in [6.45, 7) is 6.45. The normalized spacial score (nSPS) is 16.0. The zero-order valence-electron chi connectivity index (χ0n) is 18.2. The van der Waals surface area contributed by atoms with E-state index in [2.05, 4.69) is 25.3 Å². The van der Waals surface area contributed by atoms with Gasteiger partial charge in [0.2, 0.25) is 11.7 Å². The molecule has 1 fully saturated rings. The molecule has 5 rings (SSSR count). The highest BCUT2D eigenvalue weighted by Crippen LogP contribution is 2.34. The van der Waals surface area contributed by atoms with E-state index in [0.29, 0.717) is 29.5 Å². The van der Waals surface area contributed by atoms with Crippen molar-refractivity contribution in [2.45, 2.75) is 39.7 Å². The summed E-state index contributed by atoms with van der Waals surface area (Å²) in [5.74, 6) is 0.855. The predicted molar refractivity (Wildman–Crippen MR) is 116 cm³/mol. The first kappa shape index (κ1) is 20.0. The number of pyridine rings is 1. The second-order valence-electron chi connectivity index (χ2n) is 8.09. The molecule has 9 nitrogen and oxygen atoms in total. The first-order valence-electron chi connectivity index (χ1n) is 10.6. The number of likely N-dealkylation sites (tertiary alicyclic amines) is 1. The molecule has 4 aromatic rings. The Labute approximate surface area is 185 Å². The van der Waals surface area contributed by atoms with Crippen LogP contribution in [-0.4, -0.2) is 47.5 Å². The van der Waals surface area contributed by atoms with Crippen LogP contribution in [0.5, 0.6) is 0 Å². The van der Waals surface area contributed by atoms with Crippen molar-refractivity contribution in [2.24, 2.45) is 0 Å². The van der Waals surface area contributed by atoms with Gasteiger partial charge in [-0.1, -0.05) is 16.8 Å². The first-order chi connectivity index (χ1) is 15.5. The van der Waals surface area contributed by atoms with E-state index in [9.17, 15) is 4.79 Å². The third kappa shape index (κ3) is 3.66. The van der Waals surface area contributed by atoms with E-state index in [-0.39, 0.29) is 11.9 Å². The highest BCUT2D eigenvalue weighted by Gasteiger charge is 2.35. The summed E-state index contributed by atoms with van der Waals surface area (Å²) in [6.07, 6.45) is 4.82. The zero-order valence-corrected chi connectivity index (χ0v) is 18.2. The van der Waals surface area contributed by atoms with Gasteiger partial charge in [-0.25, -0.2) is 0 Å². The molecule has 1 atom stereocenters. The zero-order chi connectivity index (χ0) is 22.2. The molecule has 1 amide bonds. The molecule has 1 aromatic carbocycles. The number of carbonyl (C=O) groups excluding carboxylic acids is 1.